The molecule has 132 valence electrons. The molecule has 1 aliphatic rings. The summed E-state index contributed by atoms with van der Waals surface area (Å²) in [5, 5.41) is 0. The van der Waals surface area contributed by atoms with E-state index in [1.807, 2.05) is 0 Å². The van der Waals surface area contributed by atoms with E-state index >= 15 is 0 Å². The van der Waals surface area contributed by atoms with Gasteiger partial charge in [-0.05, 0) is 77.8 Å². The first-order valence-corrected chi connectivity index (χ1v) is 9.55. The van der Waals surface area contributed by atoms with Crippen molar-refractivity contribution in [3.63, 3.8) is 0 Å². The molecule has 3 rings (SSSR count). The lowest BCUT2D eigenvalue weighted by atomic mass is 9.62. The zero-order valence-electron chi connectivity index (χ0n) is 17.0. The molecular weight excluding hydrogens is 300 g/mol. The van der Waals surface area contributed by atoms with Gasteiger partial charge in [0.15, 0.2) is 0 Å². The highest BCUT2D eigenvalue weighted by molar-refractivity contribution is 5.82. The van der Waals surface area contributed by atoms with Gasteiger partial charge in [-0.25, -0.2) is 0 Å². The van der Waals surface area contributed by atoms with Crippen molar-refractivity contribution in [2.24, 2.45) is 0 Å². The van der Waals surface area contributed by atoms with Gasteiger partial charge in [-0.1, -0.05) is 75.7 Å². The van der Waals surface area contributed by atoms with Gasteiger partial charge < -0.3 is 0 Å². The van der Waals surface area contributed by atoms with Crippen molar-refractivity contribution in [2.75, 3.05) is 0 Å². The molecule has 0 saturated heterocycles. The Morgan fingerprint density at radius 3 is 1.88 bits per heavy atom. The number of aryl methyl sites for hydroxylation is 2. The smallest absolute Gasteiger partial charge is 0.0100 e. The molecule has 2 aromatic carbocycles. The monoisotopic (exact) mass is 332 g/mol. The quantitative estimate of drug-likeness (QED) is 0.550. The third-order valence-corrected chi connectivity index (χ3v) is 6.14. The molecule has 0 aliphatic heterocycles. The van der Waals surface area contributed by atoms with Crippen molar-refractivity contribution in [3.05, 3.63) is 75.9 Å². The van der Waals surface area contributed by atoms with E-state index in [-0.39, 0.29) is 10.8 Å². The highest BCUT2D eigenvalue weighted by atomic mass is 14.4. The van der Waals surface area contributed by atoms with Gasteiger partial charge in [-0.2, -0.15) is 0 Å². The van der Waals surface area contributed by atoms with E-state index in [0.717, 1.165) is 0 Å². The minimum absolute atomic E-state index is 0.249. The first-order valence-electron chi connectivity index (χ1n) is 9.55. The maximum atomic E-state index is 2.49. The summed E-state index contributed by atoms with van der Waals surface area (Å²) < 4.78 is 0. The minimum atomic E-state index is 0.249. The van der Waals surface area contributed by atoms with Gasteiger partial charge in [0, 0.05) is 0 Å². The highest BCUT2D eigenvalue weighted by Crippen LogP contribution is 2.47. The van der Waals surface area contributed by atoms with E-state index in [1.165, 1.54) is 46.2 Å². The van der Waals surface area contributed by atoms with Crippen LogP contribution in [0.25, 0.3) is 5.57 Å². The number of hydrogen-bond donors (Lipinski definition) is 0. The molecule has 0 heteroatoms. The Balaban J connectivity index is 2.19. The van der Waals surface area contributed by atoms with Crippen LogP contribution in [-0.2, 0) is 10.8 Å². The number of benzene rings is 2. The summed E-state index contributed by atoms with van der Waals surface area (Å²) in [6.07, 6.45) is 4.78. The molecule has 0 spiro atoms. The normalized spacial score (nSPS) is 18.8. The van der Waals surface area contributed by atoms with Gasteiger partial charge in [-0.15, -0.1) is 0 Å². The summed E-state index contributed by atoms with van der Waals surface area (Å²) >= 11 is 0. The van der Waals surface area contributed by atoms with E-state index in [4.69, 9.17) is 0 Å². The van der Waals surface area contributed by atoms with E-state index in [9.17, 15) is 0 Å². The van der Waals surface area contributed by atoms with Crippen molar-refractivity contribution in [1.29, 1.82) is 0 Å². The molecule has 0 saturated carbocycles. The first-order chi connectivity index (χ1) is 11.7. The SMILES string of the molecule is C/C=C(\c1ccc(C)cc1)c1cc2c(cc1C)C(C)(C)CCC2(C)C. The van der Waals surface area contributed by atoms with Crippen molar-refractivity contribution in [2.45, 2.75) is 72.1 Å². The molecule has 0 N–H and O–H groups in total. The van der Waals surface area contributed by atoms with Gasteiger partial charge in [0.2, 0.25) is 0 Å². The van der Waals surface area contributed by atoms with Crippen LogP contribution in [0.3, 0.4) is 0 Å². The molecule has 0 heterocycles. The zero-order valence-corrected chi connectivity index (χ0v) is 17.0. The number of allylic oxidation sites excluding steroid dienone is 1. The summed E-state index contributed by atoms with van der Waals surface area (Å²) in [5.41, 5.74) is 10.3. The summed E-state index contributed by atoms with van der Waals surface area (Å²) in [7, 11) is 0. The van der Waals surface area contributed by atoms with Crippen LogP contribution >= 0.6 is 0 Å². The fraction of sp³-hybridized carbons (Fsp3) is 0.440. The van der Waals surface area contributed by atoms with Gasteiger partial charge in [-0.3, -0.25) is 0 Å². The van der Waals surface area contributed by atoms with Gasteiger partial charge in [0.25, 0.3) is 0 Å². The predicted molar refractivity (Wildman–Crippen MR) is 110 cm³/mol. The van der Waals surface area contributed by atoms with Crippen LogP contribution in [0.2, 0.25) is 0 Å². The Kier molecular flexibility index (Phi) is 4.43. The molecule has 25 heavy (non-hydrogen) atoms. The molecule has 2 aromatic rings. The van der Waals surface area contributed by atoms with E-state index in [0.29, 0.717) is 0 Å². The third kappa shape index (κ3) is 3.19. The minimum Gasteiger partial charge on any atom is -0.0792 e. The fourth-order valence-electron chi connectivity index (χ4n) is 4.22. The summed E-state index contributed by atoms with van der Waals surface area (Å²) in [6, 6.07) is 13.9. The summed E-state index contributed by atoms with van der Waals surface area (Å²) in [5.74, 6) is 0. The Morgan fingerprint density at radius 2 is 1.36 bits per heavy atom. The Morgan fingerprint density at radius 1 is 0.840 bits per heavy atom. The fourth-order valence-corrected chi connectivity index (χ4v) is 4.22. The molecule has 1 aliphatic carbocycles. The molecule has 0 aromatic heterocycles. The molecule has 0 radical (unpaired) electrons. The Hall–Kier alpha value is -1.82. The van der Waals surface area contributed by atoms with Crippen molar-refractivity contribution >= 4 is 5.57 Å². The largest absolute Gasteiger partial charge is 0.0792 e. The second kappa shape index (κ2) is 6.16. The second-order valence-electron chi connectivity index (χ2n) is 9.05. The van der Waals surface area contributed by atoms with E-state index < -0.39 is 0 Å². The summed E-state index contributed by atoms with van der Waals surface area (Å²) in [6.45, 7) is 16.2. The topological polar surface area (TPSA) is 0 Å². The van der Waals surface area contributed by atoms with Crippen LogP contribution in [0.15, 0.2) is 42.5 Å². The van der Waals surface area contributed by atoms with Crippen LogP contribution in [0, 0.1) is 13.8 Å². The summed E-state index contributed by atoms with van der Waals surface area (Å²) in [4.78, 5) is 0. The highest BCUT2D eigenvalue weighted by Gasteiger charge is 2.37. The lowest BCUT2D eigenvalue weighted by Gasteiger charge is -2.42. The Labute approximate surface area is 154 Å². The average molecular weight is 333 g/mol. The van der Waals surface area contributed by atoms with Gasteiger partial charge in [0.1, 0.15) is 0 Å². The number of hydrogen-bond acceptors (Lipinski definition) is 0. The Bertz CT molecular complexity index is 814. The third-order valence-electron chi connectivity index (χ3n) is 6.14. The van der Waals surface area contributed by atoms with E-state index in [2.05, 4.69) is 90.9 Å². The van der Waals surface area contributed by atoms with E-state index in [1.54, 1.807) is 5.56 Å². The first kappa shape index (κ1) is 18.0. The second-order valence-corrected chi connectivity index (χ2v) is 9.05. The predicted octanol–water partition coefficient (Wildman–Crippen LogP) is 7.10. The molecule has 0 unspecified atom stereocenters. The van der Waals surface area contributed by atoms with Crippen LogP contribution in [0.5, 0.6) is 0 Å². The molecule has 0 atom stereocenters. The number of rotatable bonds is 2. The van der Waals surface area contributed by atoms with Crippen molar-refractivity contribution in [1.82, 2.24) is 0 Å². The molecule has 0 bridgehead atoms. The zero-order chi connectivity index (χ0) is 18.4. The number of fused-ring (bicyclic) bond motifs is 1. The lowest BCUT2D eigenvalue weighted by Crippen LogP contribution is -2.34. The average Bonchev–Trinajstić information content (AvgIpc) is 2.55. The van der Waals surface area contributed by atoms with Gasteiger partial charge >= 0.3 is 0 Å². The maximum Gasteiger partial charge on any atom is -0.0100 e. The van der Waals surface area contributed by atoms with Crippen molar-refractivity contribution < 1.29 is 0 Å². The van der Waals surface area contributed by atoms with Crippen LogP contribution < -0.4 is 0 Å². The van der Waals surface area contributed by atoms with Crippen molar-refractivity contribution in [3.8, 4) is 0 Å². The molecule has 0 amide bonds. The molecule has 0 fully saturated rings. The van der Waals surface area contributed by atoms with Crippen LogP contribution in [0.4, 0.5) is 0 Å². The maximum absolute atomic E-state index is 2.49. The standard InChI is InChI=1S/C25H32/c1-8-20(19-11-9-17(2)10-12-19)21-16-23-22(15-18(21)3)24(4,5)13-14-25(23,6)7/h8-12,15-16H,13-14H2,1-7H3/b20-8+. The molecule has 0 nitrogen and oxygen atoms in total. The van der Waals surface area contributed by atoms with Gasteiger partial charge in [0.05, 0.1) is 0 Å². The van der Waals surface area contributed by atoms with Crippen LogP contribution in [0.1, 0.15) is 80.8 Å². The molecular formula is C25H32. The van der Waals surface area contributed by atoms with Crippen LogP contribution in [-0.4, -0.2) is 0 Å². The lowest BCUT2D eigenvalue weighted by molar-refractivity contribution is 0.331.